The number of carbonyl (C=O) groups is 1. The second kappa shape index (κ2) is 8.70. The van der Waals surface area contributed by atoms with Gasteiger partial charge in [0.1, 0.15) is 18.5 Å². The van der Waals surface area contributed by atoms with Gasteiger partial charge in [-0.3, -0.25) is 4.79 Å². The molecular formula is C29H30N2O4. The molecule has 3 atom stereocenters. The number of carbonyl (C=O) groups excluding carboxylic acids is 1. The monoisotopic (exact) mass is 470 g/mol. The van der Waals surface area contributed by atoms with Crippen LogP contribution in [0.5, 0.6) is 5.75 Å². The number of aliphatic hydroxyl groups is 2. The van der Waals surface area contributed by atoms with Crippen LogP contribution in [0.3, 0.4) is 0 Å². The molecule has 0 spiro atoms. The van der Waals surface area contributed by atoms with Gasteiger partial charge in [-0.2, -0.15) is 0 Å². The van der Waals surface area contributed by atoms with Gasteiger partial charge in [-0.05, 0) is 78.1 Å². The number of aromatic amines is 1. The van der Waals surface area contributed by atoms with E-state index in [9.17, 15) is 9.90 Å². The highest BCUT2D eigenvalue weighted by atomic mass is 16.5. The Kier molecular flexibility index (Phi) is 5.50. The van der Waals surface area contributed by atoms with Crippen LogP contribution in [0, 0.1) is 0 Å². The molecule has 3 aromatic rings. The van der Waals surface area contributed by atoms with Crippen molar-refractivity contribution >= 4 is 17.7 Å². The summed E-state index contributed by atoms with van der Waals surface area (Å²) in [7, 11) is 0. The third-order valence-corrected chi connectivity index (χ3v) is 7.80. The largest absolute Gasteiger partial charge is 0.491 e. The normalized spacial score (nSPS) is 22.9. The molecule has 0 saturated carbocycles. The van der Waals surface area contributed by atoms with Crippen LogP contribution in [0.15, 0.2) is 54.7 Å². The molecule has 0 bridgehead atoms. The summed E-state index contributed by atoms with van der Waals surface area (Å²) in [6.45, 7) is -0.371. The number of amides is 1. The number of hydrogen-bond donors (Lipinski definition) is 4. The Morgan fingerprint density at radius 1 is 1.14 bits per heavy atom. The first-order valence-electron chi connectivity index (χ1n) is 12.4. The average molecular weight is 471 g/mol. The quantitative estimate of drug-likeness (QED) is 0.422. The van der Waals surface area contributed by atoms with Gasteiger partial charge in [-0.25, -0.2) is 0 Å². The fourth-order valence-electron chi connectivity index (χ4n) is 6.14. The van der Waals surface area contributed by atoms with Crippen molar-refractivity contribution in [2.75, 3.05) is 18.5 Å². The van der Waals surface area contributed by atoms with Gasteiger partial charge < -0.3 is 25.3 Å². The second-order valence-corrected chi connectivity index (χ2v) is 9.93. The Morgan fingerprint density at radius 3 is 2.89 bits per heavy atom. The summed E-state index contributed by atoms with van der Waals surface area (Å²) in [5, 5.41) is 21.9. The standard InChI is InChI=1S/C29H30N2O4/c32-16-20(33)17-35-21-9-10-26-23(13-21)27(28(34)31-26)29(12-11-18-5-1-3-7-24(18)29)14-19-15-30-25-8-4-2-6-22(19)25/h1,3,5,7,9-13,15,20,27,30,32-33H,2,4,6,8,14,16-17H2,(H,31,34). The van der Waals surface area contributed by atoms with Gasteiger partial charge >= 0.3 is 0 Å². The molecular weight excluding hydrogens is 440 g/mol. The molecule has 0 fully saturated rings. The average Bonchev–Trinajstić information content (AvgIpc) is 3.56. The number of rotatable bonds is 7. The van der Waals surface area contributed by atoms with Gasteiger partial charge in [-0.1, -0.05) is 36.4 Å². The first-order chi connectivity index (χ1) is 17.1. The lowest BCUT2D eigenvalue weighted by atomic mass is 9.65. The number of anilines is 1. The van der Waals surface area contributed by atoms with E-state index in [2.05, 4.69) is 46.8 Å². The Hall–Kier alpha value is -3.35. The summed E-state index contributed by atoms with van der Waals surface area (Å²) in [5.74, 6) is 0.137. The number of hydrogen-bond acceptors (Lipinski definition) is 4. The van der Waals surface area contributed by atoms with Gasteiger partial charge in [0.25, 0.3) is 0 Å². The number of aromatic nitrogens is 1. The third kappa shape index (κ3) is 3.68. The summed E-state index contributed by atoms with van der Waals surface area (Å²) >= 11 is 0. The van der Waals surface area contributed by atoms with Crippen LogP contribution in [0.2, 0.25) is 0 Å². The summed E-state index contributed by atoms with van der Waals surface area (Å²) in [6, 6.07) is 13.9. The minimum absolute atomic E-state index is 0.00923. The van der Waals surface area contributed by atoms with Gasteiger partial charge in [0, 0.05) is 23.0 Å². The van der Waals surface area contributed by atoms with Gasteiger partial charge in [0.2, 0.25) is 5.91 Å². The lowest BCUT2D eigenvalue weighted by Crippen LogP contribution is -2.37. The fraction of sp³-hybridized carbons (Fsp3) is 0.345. The van der Waals surface area contributed by atoms with Gasteiger partial charge in [0.15, 0.2) is 0 Å². The molecule has 0 radical (unpaired) electrons. The maximum absolute atomic E-state index is 13.6. The first kappa shape index (κ1) is 22.1. The van der Waals surface area contributed by atoms with Crippen molar-refractivity contribution in [2.45, 2.75) is 49.5 Å². The fourth-order valence-corrected chi connectivity index (χ4v) is 6.14. The molecule has 6 rings (SSSR count). The molecule has 6 nitrogen and oxygen atoms in total. The van der Waals surface area contributed by atoms with Crippen molar-refractivity contribution in [1.82, 2.24) is 4.98 Å². The number of fused-ring (bicyclic) bond motifs is 3. The third-order valence-electron chi connectivity index (χ3n) is 7.80. The topological polar surface area (TPSA) is 94.6 Å². The van der Waals surface area contributed by atoms with Crippen LogP contribution in [0.1, 0.15) is 52.3 Å². The molecule has 1 aromatic heterocycles. The van der Waals surface area contributed by atoms with Crippen LogP contribution in [0.25, 0.3) is 6.08 Å². The van der Waals surface area contributed by atoms with Crippen LogP contribution < -0.4 is 10.1 Å². The molecule has 2 aromatic carbocycles. The maximum atomic E-state index is 13.6. The molecule has 4 N–H and O–H groups in total. The molecule has 6 heteroatoms. The van der Waals surface area contributed by atoms with Crippen molar-refractivity contribution < 1.29 is 19.7 Å². The number of ether oxygens (including phenoxy) is 1. The maximum Gasteiger partial charge on any atom is 0.233 e. The summed E-state index contributed by atoms with van der Waals surface area (Å²) in [5.41, 5.74) is 7.54. The molecule has 0 saturated heterocycles. The predicted molar refractivity (Wildman–Crippen MR) is 135 cm³/mol. The molecule has 1 amide bonds. The molecule has 3 aliphatic rings. The van der Waals surface area contributed by atoms with E-state index in [-0.39, 0.29) is 19.1 Å². The molecule has 2 aliphatic carbocycles. The number of allylic oxidation sites excluding steroid dienone is 1. The molecule has 180 valence electrons. The van der Waals surface area contributed by atoms with Crippen molar-refractivity contribution in [2.24, 2.45) is 0 Å². The highest BCUT2D eigenvalue weighted by Crippen LogP contribution is 2.53. The van der Waals surface area contributed by atoms with E-state index >= 15 is 0 Å². The van der Waals surface area contributed by atoms with E-state index in [0.717, 1.165) is 36.1 Å². The van der Waals surface area contributed by atoms with Crippen molar-refractivity contribution in [1.29, 1.82) is 0 Å². The zero-order chi connectivity index (χ0) is 24.0. The summed E-state index contributed by atoms with van der Waals surface area (Å²) < 4.78 is 5.74. The molecule has 3 unspecified atom stereocenters. The van der Waals surface area contributed by atoms with E-state index in [4.69, 9.17) is 9.84 Å². The lowest BCUT2D eigenvalue weighted by Gasteiger charge is -2.35. The van der Waals surface area contributed by atoms with Crippen LogP contribution in [0.4, 0.5) is 5.69 Å². The lowest BCUT2D eigenvalue weighted by molar-refractivity contribution is -0.118. The number of aliphatic hydroxyl groups excluding tert-OH is 2. The number of aryl methyl sites for hydroxylation is 1. The summed E-state index contributed by atoms with van der Waals surface area (Å²) in [4.78, 5) is 17.1. The van der Waals surface area contributed by atoms with Crippen LogP contribution in [-0.4, -0.2) is 40.4 Å². The molecule has 35 heavy (non-hydrogen) atoms. The van der Waals surface area contributed by atoms with Crippen molar-refractivity contribution in [3.05, 3.63) is 88.2 Å². The smallest absolute Gasteiger partial charge is 0.233 e. The minimum atomic E-state index is -0.949. The van der Waals surface area contributed by atoms with Crippen LogP contribution in [-0.2, 0) is 29.5 Å². The summed E-state index contributed by atoms with van der Waals surface area (Å²) in [6.07, 6.45) is 10.9. The Labute approximate surface area is 204 Å². The Balaban J connectivity index is 1.44. The second-order valence-electron chi connectivity index (χ2n) is 9.93. The van der Waals surface area contributed by atoms with E-state index in [1.165, 1.54) is 35.2 Å². The zero-order valence-electron chi connectivity index (χ0n) is 19.6. The number of H-pyrrole nitrogens is 1. The van der Waals surface area contributed by atoms with E-state index in [1.54, 1.807) is 6.07 Å². The minimum Gasteiger partial charge on any atom is -0.491 e. The van der Waals surface area contributed by atoms with E-state index in [0.29, 0.717) is 5.75 Å². The van der Waals surface area contributed by atoms with Gasteiger partial charge in [-0.15, -0.1) is 0 Å². The van der Waals surface area contributed by atoms with Gasteiger partial charge in [0.05, 0.1) is 12.5 Å². The number of benzene rings is 2. The van der Waals surface area contributed by atoms with Crippen LogP contribution >= 0.6 is 0 Å². The van der Waals surface area contributed by atoms with Crippen molar-refractivity contribution in [3.63, 3.8) is 0 Å². The SMILES string of the molecule is O=C1Nc2ccc(OCC(O)CO)cc2C1C1(Cc2c[nH]c3c2CCCC3)C=Cc2ccccc21. The van der Waals surface area contributed by atoms with Crippen molar-refractivity contribution in [3.8, 4) is 5.75 Å². The number of nitrogens with one attached hydrogen (secondary N) is 2. The molecule has 1 aliphatic heterocycles. The van der Waals surface area contributed by atoms with E-state index < -0.39 is 17.4 Å². The first-order valence-corrected chi connectivity index (χ1v) is 12.4. The zero-order valence-corrected chi connectivity index (χ0v) is 19.6. The Bertz CT molecular complexity index is 1310. The Morgan fingerprint density at radius 2 is 2.00 bits per heavy atom. The highest BCUT2D eigenvalue weighted by Gasteiger charge is 2.50. The predicted octanol–water partition coefficient (Wildman–Crippen LogP) is 3.87. The molecule has 2 heterocycles. The van der Waals surface area contributed by atoms with E-state index in [1.807, 2.05) is 18.2 Å². The highest BCUT2D eigenvalue weighted by molar-refractivity contribution is 6.05.